The van der Waals surface area contributed by atoms with E-state index >= 15 is 0 Å². The van der Waals surface area contributed by atoms with Crippen LogP contribution in [0.25, 0.3) is 0 Å². The van der Waals surface area contributed by atoms with Crippen LogP contribution in [0.5, 0.6) is 0 Å². The van der Waals surface area contributed by atoms with Crippen molar-refractivity contribution in [3.8, 4) is 0 Å². The third-order valence-electron chi connectivity index (χ3n) is 2.09. The lowest BCUT2D eigenvalue weighted by Gasteiger charge is -2.06. The number of hydrogen-bond acceptors (Lipinski definition) is 0. The highest BCUT2D eigenvalue weighted by molar-refractivity contribution is 4.75. The minimum absolute atomic E-state index is 0.398. The molecular formula is C7H13F. The van der Waals surface area contributed by atoms with Crippen molar-refractivity contribution in [2.45, 2.75) is 38.8 Å². The van der Waals surface area contributed by atoms with E-state index in [9.17, 15) is 4.39 Å². The number of halogens is 1. The van der Waals surface area contributed by atoms with Gasteiger partial charge in [0.1, 0.15) is 6.17 Å². The Kier molecular flexibility index (Phi) is 1.87. The minimum Gasteiger partial charge on any atom is -0.247 e. The average Bonchev–Trinajstić information content (AvgIpc) is 2.14. The van der Waals surface area contributed by atoms with E-state index in [0.717, 1.165) is 25.7 Å². The number of alkyl halides is 1. The van der Waals surface area contributed by atoms with Gasteiger partial charge in [0, 0.05) is 0 Å². The van der Waals surface area contributed by atoms with Gasteiger partial charge in [-0.05, 0) is 18.8 Å². The van der Waals surface area contributed by atoms with Gasteiger partial charge in [0.2, 0.25) is 0 Å². The number of hydrogen-bond donors (Lipinski definition) is 0. The summed E-state index contributed by atoms with van der Waals surface area (Å²) < 4.78 is 12.6. The van der Waals surface area contributed by atoms with Crippen molar-refractivity contribution in [3.05, 3.63) is 0 Å². The van der Waals surface area contributed by atoms with E-state index in [0.29, 0.717) is 5.92 Å². The van der Waals surface area contributed by atoms with Crippen molar-refractivity contribution < 1.29 is 4.39 Å². The summed E-state index contributed by atoms with van der Waals surface area (Å²) in [6.07, 6.45) is 3.61. The van der Waals surface area contributed by atoms with E-state index in [-0.39, 0.29) is 0 Å². The molecule has 0 nitrogen and oxygen atoms in total. The summed E-state index contributed by atoms with van der Waals surface area (Å²) in [5.41, 5.74) is 0. The Morgan fingerprint density at radius 3 is 2.50 bits per heavy atom. The van der Waals surface area contributed by atoms with Crippen LogP contribution < -0.4 is 0 Å². The molecule has 48 valence electrons. The molecule has 0 radical (unpaired) electrons. The van der Waals surface area contributed by atoms with E-state index in [2.05, 4.69) is 6.92 Å². The largest absolute Gasteiger partial charge is 0.247 e. The van der Waals surface area contributed by atoms with Gasteiger partial charge in [-0.1, -0.05) is 19.8 Å². The van der Waals surface area contributed by atoms with Crippen LogP contribution in [0.1, 0.15) is 32.6 Å². The number of rotatable bonds is 1. The highest BCUT2D eigenvalue weighted by Crippen LogP contribution is 2.30. The van der Waals surface area contributed by atoms with E-state index in [1.54, 1.807) is 0 Å². The first-order valence-electron chi connectivity index (χ1n) is 3.48. The molecule has 0 bridgehead atoms. The molecule has 0 aromatic rings. The van der Waals surface area contributed by atoms with Gasteiger partial charge in [-0.15, -0.1) is 0 Å². The second-order valence-electron chi connectivity index (χ2n) is 2.62. The van der Waals surface area contributed by atoms with Crippen LogP contribution in [-0.4, -0.2) is 6.17 Å². The Morgan fingerprint density at radius 1 is 1.50 bits per heavy atom. The molecule has 8 heavy (non-hydrogen) atoms. The van der Waals surface area contributed by atoms with E-state index in [1.165, 1.54) is 0 Å². The van der Waals surface area contributed by atoms with Crippen LogP contribution >= 0.6 is 0 Å². The molecule has 0 N–H and O–H groups in total. The molecule has 1 aliphatic rings. The summed E-state index contributed by atoms with van der Waals surface area (Å²) in [5, 5.41) is 0. The Bertz CT molecular complexity index is 70.8. The molecule has 1 fully saturated rings. The fourth-order valence-electron chi connectivity index (χ4n) is 1.45. The van der Waals surface area contributed by atoms with Gasteiger partial charge in [-0.25, -0.2) is 4.39 Å². The van der Waals surface area contributed by atoms with E-state index < -0.39 is 6.17 Å². The zero-order chi connectivity index (χ0) is 5.98. The van der Waals surface area contributed by atoms with Gasteiger partial charge >= 0.3 is 0 Å². The molecule has 0 aliphatic heterocycles. The zero-order valence-corrected chi connectivity index (χ0v) is 5.36. The highest BCUT2D eigenvalue weighted by Gasteiger charge is 2.24. The van der Waals surface area contributed by atoms with Crippen molar-refractivity contribution >= 4 is 0 Å². The van der Waals surface area contributed by atoms with E-state index in [4.69, 9.17) is 0 Å². The van der Waals surface area contributed by atoms with Crippen molar-refractivity contribution in [1.82, 2.24) is 0 Å². The summed E-state index contributed by atoms with van der Waals surface area (Å²) >= 11 is 0. The molecule has 0 aromatic carbocycles. The minimum atomic E-state index is -0.472. The van der Waals surface area contributed by atoms with Gasteiger partial charge in [0.15, 0.2) is 0 Å². The molecule has 0 aromatic heterocycles. The Morgan fingerprint density at radius 2 is 2.25 bits per heavy atom. The Hall–Kier alpha value is -0.0700. The molecule has 2 atom stereocenters. The molecule has 1 aliphatic carbocycles. The summed E-state index contributed by atoms with van der Waals surface area (Å²) in [4.78, 5) is 0. The summed E-state index contributed by atoms with van der Waals surface area (Å²) in [5.74, 6) is 0.398. The topological polar surface area (TPSA) is 0 Å². The van der Waals surface area contributed by atoms with Crippen molar-refractivity contribution in [2.75, 3.05) is 0 Å². The van der Waals surface area contributed by atoms with Gasteiger partial charge in [0.25, 0.3) is 0 Å². The van der Waals surface area contributed by atoms with Crippen LogP contribution in [0.2, 0.25) is 0 Å². The predicted octanol–water partition coefficient (Wildman–Crippen LogP) is 2.53. The standard InChI is InChI=1S/C7H13F/c1-2-6-4-3-5-7(6)8/h6-7H,2-5H2,1H3/t6-,7?/m1/s1. The van der Waals surface area contributed by atoms with Crippen LogP contribution in [-0.2, 0) is 0 Å². The lowest BCUT2D eigenvalue weighted by atomic mass is 10.0. The zero-order valence-electron chi connectivity index (χ0n) is 5.36. The molecule has 1 unspecified atom stereocenters. The smallest absolute Gasteiger partial charge is 0.103 e. The highest BCUT2D eigenvalue weighted by atomic mass is 19.1. The average molecular weight is 116 g/mol. The monoisotopic (exact) mass is 116 g/mol. The molecule has 0 saturated heterocycles. The summed E-state index contributed by atoms with van der Waals surface area (Å²) in [7, 11) is 0. The maximum atomic E-state index is 12.6. The second-order valence-corrected chi connectivity index (χ2v) is 2.62. The van der Waals surface area contributed by atoms with Crippen molar-refractivity contribution in [1.29, 1.82) is 0 Å². The fraction of sp³-hybridized carbons (Fsp3) is 1.00. The van der Waals surface area contributed by atoms with Crippen LogP contribution in [0.15, 0.2) is 0 Å². The second kappa shape index (κ2) is 2.47. The summed E-state index contributed by atoms with van der Waals surface area (Å²) in [6, 6.07) is 0. The molecule has 1 saturated carbocycles. The normalized spacial score (nSPS) is 38.2. The molecule has 1 heteroatoms. The van der Waals surface area contributed by atoms with Gasteiger partial charge in [-0.3, -0.25) is 0 Å². The Balaban J connectivity index is 2.30. The fourth-order valence-corrected chi connectivity index (χ4v) is 1.45. The van der Waals surface area contributed by atoms with Crippen LogP contribution in [0, 0.1) is 5.92 Å². The third-order valence-corrected chi connectivity index (χ3v) is 2.09. The van der Waals surface area contributed by atoms with Crippen molar-refractivity contribution in [3.63, 3.8) is 0 Å². The lowest BCUT2D eigenvalue weighted by molar-refractivity contribution is 0.258. The predicted molar refractivity (Wildman–Crippen MR) is 32.5 cm³/mol. The van der Waals surface area contributed by atoms with E-state index in [1.807, 2.05) is 0 Å². The van der Waals surface area contributed by atoms with Gasteiger partial charge in [-0.2, -0.15) is 0 Å². The third kappa shape index (κ3) is 1.01. The molecule has 1 rings (SSSR count). The first-order chi connectivity index (χ1) is 3.84. The first kappa shape index (κ1) is 6.06. The lowest BCUT2D eigenvalue weighted by Crippen LogP contribution is -2.05. The van der Waals surface area contributed by atoms with Crippen molar-refractivity contribution in [2.24, 2.45) is 5.92 Å². The quantitative estimate of drug-likeness (QED) is 0.494. The summed E-state index contributed by atoms with van der Waals surface area (Å²) in [6.45, 7) is 2.07. The van der Waals surface area contributed by atoms with Crippen LogP contribution in [0.3, 0.4) is 0 Å². The van der Waals surface area contributed by atoms with Crippen LogP contribution in [0.4, 0.5) is 4.39 Å². The first-order valence-corrected chi connectivity index (χ1v) is 3.48. The van der Waals surface area contributed by atoms with Gasteiger partial charge in [0.05, 0.1) is 0 Å². The van der Waals surface area contributed by atoms with Gasteiger partial charge < -0.3 is 0 Å². The molecule has 0 amide bonds. The molecule has 0 spiro atoms. The maximum absolute atomic E-state index is 12.6. The maximum Gasteiger partial charge on any atom is 0.103 e. The molecular weight excluding hydrogens is 103 g/mol. The Labute approximate surface area is 50.1 Å². The SMILES string of the molecule is CC[C@@H]1CCCC1F. The molecule has 0 heterocycles.